The van der Waals surface area contributed by atoms with Crippen molar-refractivity contribution in [2.75, 3.05) is 11.1 Å². The molecule has 0 fully saturated rings. The molecule has 1 aromatic heterocycles. The van der Waals surface area contributed by atoms with Crippen LogP contribution in [0.4, 0.5) is 10.8 Å². The first-order chi connectivity index (χ1) is 10.0. The number of fused-ring (bicyclic) bond motifs is 1. The minimum Gasteiger partial charge on any atom is -0.375 e. The minimum absolute atomic E-state index is 0.140. The minimum atomic E-state index is -0.140. The number of benzene rings is 2. The fraction of sp³-hybridized carbons (Fsp3) is 0.0667. The molecule has 0 bridgehead atoms. The number of rotatable bonds is 2. The summed E-state index contributed by atoms with van der Waals surface area (Å²) in [6, 6.07) is 11.1. The van der Waals surface area contributed by atoms with Crippen molar-refractivity contribution >= 4 is 54.2 Å². The zero-order valence-corrected chi connectivity index (χ0v) is 13.6. The molecule has 3 N–H and O–H groups in total. The Labute approximate surface area is 134 Å². The lowest BCUT2D eigenvalue weighted by molar-refractivity contribution is 0.102. The van der Waals surface area contributed by atoms with Crippen LogP contribution in [-0.4, -0.2) is 10.9 Å². The average molecular weight is 362 g/mol. The molecule has 1 heterocycles. The fourth-order valence-electron chi connectivity index (χ4n) is 1.99. The number of carbonyl (C=O) groups excluding carboxylic acids is 1. The van der Waals surface area contributed by atoms with Crippen molar-refractivity contribution in [2.45, 2.75) is 6.92 Å². The van der Waals surface area contributed by atoms with Crippen LogP contribution in [0, 0.1) is 6.92 Å². The number of halogens is 1. The van der Waals surface area contributed by atoms with E-state index in [2.05, 4.69) is 26.2 Å². The fourth-order valence-corrected chi connectivity index (χ4v) is 3.47. The third-order valence-electron chi connectivity index (χ3n) is 3.04. The van der Waals surface area contributed by atoms with Crippen LogP contribution in [-0.2, 0) is 0 Å². The number of nitrogens with zero attached hydrogens (tertiary/aromatic N) is 1. The van der Waals surface area contributed by atoms with Crippen LogP contribution in [0.1, 0.15) is 15.9 Å². The third kappa shape index (κ3) is 2.91. The summed E-state index contributed by atoms with van der Waals surface area (Å²) in [5, 5.41) is 3.40. The molecule has 0 atom stereocenters. The molecule has 21 heavy (non-hydrogen) atoms. The quantitative estimate of drug-likeness (QED) is 0.718. The highest BCUT2D eigenvalue weighted by Crippen LogP contribution is 2.33. The number of anilines is 2. The van der Waals surface area contributed by atoms with Gasteiger partial charge in [-0.05, 0) is 47.1 Å². The van der Waals surface area contributed by atoms with Gasteiger partial charge >= 0.3 is 0 Å². The van der Waals surface area contributed by atoms with Crippen LogP contribution in [0.15, 0.2) is 40.9 Å². The van der Waals surface area contributed by atoms with Crippen molar-refractivity contribution in [2.24, 2.45) is 0 Å². The maximum absolute atomic E-state index is 12.2. The van der Waals surface area contributed by atoms with Gasteiger partial charge in [-0.1, -0.05) is 29.0 Å². The number of aryl methyl sites for hydroxylation is 1. The largest absolute Gasteiger partial charge is 0.375 e. The second-order valence-electron chi connectivity index (χ2n) is 4.68. The number of nitrogen functional groups attached to an aromatic ring is 1. The number of amides is 1. The Balaban J connectivity index is 1.90. The number of hydrogen-bond donors (Lipinski definition) is 2. The first-order valence-electron chi connectivity index (χ1n) is 6.26. The Hall–Kier alpha value is -1.92. The first kappa shape index (κ1) is 14.0. The molecule has 3 rings (SSSR count). The third-order valence-corrected chi connectivity index (χ3v) is 4.47. The number of aromatic nitrogens is 1. The van der Waals surface area contributed by atoms with Crippen LogP contribution in [0.3, 0.4) is 0 Å². The standard InChI is InChI=1S/C15H12BrN3OS/c1-8-2-4-9(5-3-8)14(20)18-10-6-11(16)13-12(7-10)21-15(17)19-13/h2-7H,1H3,(H2,17,19)(H,18,20). The summed E-state index contributed by atoms with van der Waals surface area (Å²) >= 11 is 4.84. The molecule has 0 aliphatic carbocycles. The van der Waals surface area contributed by atoms with E-state index in [1.54, 1.807) is 0 Å². The molecule has 3 aromatic rings. The molecular weight excluding hydrogens is 350 g/mol. The summed E-state index contributed by atoms with van der Waals surface area (Å²) in [5.41, 5.74) is 8.98. The van der Waals surface area contributed by atoms with Crippen LogP contribution < -0.4 is 11.1 Å². The van der Waals surface area contributed by atoms with Gasteiger partial charge in [-0.3, -0.25) is 4.79 Å². The van der Waals surface area contributed by atoms with Crippen LogP contribution >= 0.6 is 27.3 Å². The van der Waals surface area contributed by atoms with E-state index < -0.39 is 0 Å². The molecule has 0 radical (unpaired) electrons. The highest BCUT2D eigenvalue weighted by molar-refractivity contribution is 9.10. The van der Waals surface area contributed by atoms with Crippen molar-refractivity contribution in [3.8, 4) is 0 Å². The van der Waals surface area contributed by atoms with Crippen molar-refractivity contribution in [1.82, 2.24) is 4.98 Å². The predicted molar refractivity (Wildman–Crippen MR) is 90.9 cm³/mol. The van der Waals surface area contributed by atoms with E-state index in [1.165, 1.54) is 11.3 Å². The molecule has 0 spiro atoms. The SMILES string of the molecule is Cc1ccc(C(=O)Nc2cc(Br)c3nc(N)sc3c2)cc1. The smallest absolute Gasteiger partial charge is 0.255 e. The zero-order valence-electron chi connectivity index (χ0n) is 11.2. The van der Waals surface area contributed by atoms with Gasteiger partial charge in [0.15, 0.2) is 5.13 Å². The molecule has 1 amide bonds. The summed E-state index contributed by atoms with van der Waals surface area (Å²) in [6.07, 6.45) is 0. The van der Waals surface area contributed by atoms with Gasteiger partial charge in [0.25, 0.3) is 5.91 Å². The van der Waals surface area contributed by atoms with E-state index in [1.807, 2.05) is 43.3 Å². The Morgan fingerprint density at radius 2 is 2.00 bits per heavy atom. The summed E-state index contributed by atoms with van der Waals surface area (Å²) in [7, 11) is 0. The van der Waals surface area contributed by atoms with Gasteiger partial charge in [0.1, 0.15) is 0 Å². The van der Waals surface area contributed by atoms with E-state index in [9.17, 15) is 4.79 Å². The van der Waals surface area contributed by atoms with E-state index in [0.29, 0.717) is 16.4 Å². The average Bonchev–Trinajstić information content (AvgIpc) is 2.80. The van der Waals surface area contributed by atoms with Gasteiger partial charge in [-0.25, -0.2) is 4.98 Å². The van der Waals surface area contributed by atoms with Gasteiger partial charge in [-0.15, -0.1) is 0 Å². The number of thiazole rings is 1. The first-order valence-corrected chi connectivity index (χ1v) is 7.87. The van der Waals surface area contributed by atoms with Gasteiger partial charge in [0, 0.05) is 15.7 Å². The summed E-state index contributed by atoms with van der Waals surface area (Å²) in [6.45, 7) is 1.99. The summed E-state index contributed by atoms with van der Waals surface area (Å²) in [5.74, 6) is -0.140. The molecule has 2 aromatic carbocycles. The lowest BCUT2D eigenvalue weighted by atomic mass is 10.1. The highest BCUT2D eigenvalue weighted by atomic mass is 79.9. The van der Waals surface area contributed by atoms with Crippen molar-refractivity contribution in [3.63, 3.8) is 0 Å². The molecule has 6 heteroatoms. The second kappa shape index (κ2) is 5.46. The second-order valence-corrected chi connectivity index (χ2v) is 6.59. The van der Waals surface area contributed by atoms with Crippen molar-refractivity contribution < 1.29 is 4.79 Å². The van der Waals surface area contributed by atoms with E-state index in [-0.39, 0.29) is 5.91 Å². The maximum atomic E-state index is 12.2. The topological polar surface area (TPSA) is 68.0 Å². The molecular formula is C15H12BrN3OS. The van der Waals surface area contributed by atoms with Crippen LogP contribution in [0.25, 0.3) is 10.2 Å². The molecule has 0 saturated heterocycles. The van der Waals surface area contributed by atoms with E-state index in [0.717, 1.165) is 20.3 Å². The summed E-state index contributed by atoms with van der Waals surface area (Å²) < 4.78 is 1.74. The lowest BCUT2D eigenvalue weighted by Crippen LogP contribution is -2.11. The molecule has 0 aliphatic rings. The molecule has 0 saturated carbocycles. The van der Waals surface area contributed by atoms with Crippen molar-refractivity contribution in [3.05, 3.63) is 52.0 Å². The van der Waals surface area contributed by atoms with Gasteiger partial charge in [0.2, 0.25) is 0 Å². The maximum Gasteiger partial charge on any atom is 0.255 e. The lowest BCUT2D eigenvalue weighted by Gasteiger charge is -2.06. The van der Waals surface area contributed by atoms with E-state index >= 15 is 0 Å². The molecule has 0 aliphatic heterocycles. The number of hydrogen-bond acceptors (Lipinski definition) is 4. The number of nitrogens with two attached hydrogens (primary N) is 1. The van der Waals surface area contributed by atoms with E-state index in [4.69, 9.17) is 5.73 Å². The molecule has 4 nitrogen and oxygen atoms in total. The Kier molecular flexibility index (Phi) is 3.65. The zero-order chi connectivity index (χ0) is 15.0. The van der Waals surface area contributed by atoms with Gasteiger partial charge < -0.3 is 11.1 Å². The summed E-state index contributed by atoms with van der Waals surface area (Å²) in [4.78, 5) is 16.5. The Morgan fingerprint density at radius 1 is 1.29 bits per heavy atom. The molecule has 0 unspecified atom stereocenters. The number of nitrogens with one attached hydrogen (secondary N) is 1. The molecule has 106 valence electrons. The Morgan fingerprint density at radius 3 is 2.71 bits per heavy atom. The van der Waals surface area contributed by atoms with Gasteiger partial charge in [-0.2, -0.15) is 0 Å². The van der Waals surface area contributed by atoms with Crippen LogP contribution in [0.5, 0.6) is 0 Å². The number of carbonyl (C=O) groups is 1. The van der Waals surface area contributed by atoms with Crippen LogP contribution in [0.2, 0.25) is 0 Å². The van der Waals surface area contributed by atoms with Crippen molar-refractivity contribution in [1.29, 1.82) is 0 Å². The Bertz CT molecular complexity index is 827. The highest BCUT2D eigenvalue weighted by Gasteiger charge is 2.10. The van der Waals surface area contributed by atoms with Gasteiger partial charge in [0.05, 0.1) is 10.2 Å². The predicted octanol–water partition coefficient (Wildman–Crippen LogP) is 4.20. The normalized spacial score (nSPS) is 10.8. The monoisotopic (exact) mass is 361 g/mol.